The molecule has 0 unspecified atom stereocenters. The zero-order valence-corrected chi connectivity index (χ0v) is 14.2. The fourth-order valence-corrected chi connectivity index (χ4v) is 2.27. The lowest BCUT2D eigenvalue weighted by Crippen LogP contribution is -2.42. The van der Waals surface area contributed by atoms with E-state index in [1.807, 2.05) is 0 Å². The van der Waals surface area contributed by atoms with E-state index in [1.54, 1.807) is 6.07 Å². The molecule has 26 heavy (non-hydrogen) atoms. The smallest absolute Gasteiger partial charge is 0.323 e. The first-order valence-electron chi connectivity index (χ1n) is 7.16. The van der Waals surface area contributed by atoms with E-state index in [0.717, 1.165) is 19.1 Å². The molecule has 0 spiro atoms. The first kappa shape index (κ1) is 18.9. The molecule has 0 fully saturated rings. The Labute approximate surface area is 152 Å². The second-order valence-electron chi connectivity index (χ2n) is 5.13. The molecule has 0 saturated heterocycles. The summed E-state index contributed by atoms with van der Waals surface area (Å²) in [5.41, 5.74) is 5.59. The molecule has 0 aliphatic heterocycles. The van der Waals surface area contributed by atoms with Crippen LogP contribution in [0.15, 0.2) is 42.5 Å². The lowest BCUT2D eigenvalue weighted by Gasteiger charge is -2.19. The van der Waals surface area contributed by atoms with Crippen molar-refractivity contribution in [1.29, 1.82) is 0 Å². The van der Waals surface area contributed by atoms with Crippen molar-refractivity contribution in [3.8, 4) is 0 Å². The number of amides is 3. The molecular weight excluding hydrogens is 364 g/mol. The van der Waals surface area contributed by atoms with Gasteiger partial charge in [-0.3, -0.25) is 24.5 Å². The number of nitro benzene ring substituents is 1. The van der Waals surface area contributed by atoms with Gasteiger partial charge in [0, 0.05) is 24.7 Å². The molecule has 3 amide bonds. The molecule has 0 bridgehead atoms. The van der Waals surface area contributed by atoms with E-state index in [-0.39, 0.29) is 22.1 Å². The lowest BCUT2D eigenvalue weighted by molar-refractivity contribution is -0.384. The normalized spacial score (nSPS) is 10.1. The summed E-state index contributed by atoms with van der Waals surface area (Å²) in [5.74, 6) is -3.09. The number of nitrogens with two attached hydrogens (primary N) is 1. The van der Waals surface area contributed by atoms with Crippen LogP contribution in [0.3, 0.4) is 0 Å². The fourth-order valence-electron chi connectivity index (χ4n) is 2.11. The number of rotatable bonds is 3. The van der Waals surface area contributed by atoms with Crippen LogP contribution < -0.4 is 16.0 Å². The molecule has 0 aliphatic rings. The predicted molar refractivity (Wildman–Crippen MR) is 95.8 cm³/mol. The van der Waals surface area contributed by atoms with Crippen molar-refractivity contribution in [3.63, 3.8) is 0 Å². The highest BCUT2D eigenvalue weighted by Gasteiger charge is 2.27. The van der Waals surface area contributed by atoms with Crippen LogP contribution in [-0.4, -0.2) is 22.6 Å². The quantitative estimate of drug-likeness (QED) is 0.365. The van der Waals surface area contributed by atoms with Gasteiger partial charge >= 0.3 is 11.8 Å². The highest BCUT2D eigenvalue weighted by atomic mass is 35.5. The Balaban J connectivity index is 2.30. The van der Waals surface area contributed by atoms with Crippen LogP contribution in [0.25, 0.3) is 0 Å². The minimum Gasteiger partial charge on any atom is -0.399 e. The van der Waals surface area contributed by atoms with Crippen molar-refractivity contribution < 1.29 is 19.3 Å². The molecule has 10 heteroatoms. The summed E-state index contributed by atoms with van der Waals surface area (Å²) in [4.78, 5) is 47.2. The Hall–Kier alpha value is -3.46. The third-order valence-corrected chi connectivity index (χ3v) is 3.58. The number of non-ortho nitro benzene ring substituents is 1. The number of nitrogen functional groups attached to an aromatic ring is 1. The number of anilines is 3. The van der Waals surface area contributed by atoms with Crippen molar-refractivity contribution in [1.82, 2.24) is 0 Å². The largest absolute Gasteiger partial charge is 0.399 e. The van der Waals surface area contributed by atoms with Gasteiger partial charge in [-0.15, -0.1) is 0 Å². The number of nitrogens with zero attached hydrogens (tertiary/aromatic N) is 2. The van der Waals surface area contributed by atoms with E-state index < -0.39 is 22.6 Å². The maximum Gasteiger partial charge on any atom is 0.323 e. The van der Waals surface area contributed by atoms with Gasteiger partial charge in [0.2, 0.25) is 5.91 Å². The van der Waals surface area contributed by atoms with Gasteiger partial charge in [-0.1, -0.05) is 17.7 Å². The average Bonchev–Trinajstić information content (AvgIpc) is 2.56. The number of imide groups is 1. The number of carbonyl (C=O) groups excluding carboxylic acids is 3. The molecule has 9 nitrogen and oxygen atoms in total. The fraction of sp³-hybridized carbons (Fsp3) is 0.0625. The topological polar surface area (TPSA) is 136 Å². The van der Waals surface area contributed by atoms with E-state index in [0.29, 0.717) is 10.6 Å². The minimum atomic E-state index is -1.19. The summed E-state index contributed by atoms with van der Waals surface area (Å²) >= 11 is 5.88. The molecule has 0 saturated carbocycles. The Morgan fingerprint density at radius 2 is 1.88 bits per heavy atom. The standard InChI is InChI=1S/C16H13ClN4O5/c1-9(22)20(11-4-2-3-10(18)7-11)16(24)15(23)19-14-8-12(21(25)26)5-6-13(14)17/h2-8H,18H2,1H3,(H,19,23). The molecule has 2 aromatic carbocycles. The lowest BCUT2D eigenvalue weighted by atomic mass is 10.2. The second kappa shape index (κ2) is 7.62. The second-order valence-corrected chi connectivity index (χ2v) is 5.54. The van der Waals surface area contributed by atoms with Crippen LogP contribution in [0.4, 0.5) is 22.7 Å². The maximum absolute atomic E-state index is 12.4. The number of carbonyl (C=O) groups is 3. The predicted octanol–water partition coefficient (Wildman–Crippen LogP) is 2.35. The molecule has 3 N–H and O–H groups in total. The summed E-state index contributed by atoms with van der Waals surface area (Å²) in [7, 11) is 0. The molecule has 0 radical (unpaired) electrons. The number of hydrogen-bond donors (Lipinski definition) is 2. The Morgan fingerprint density at radius 3 is 2.46 bits per heavy atom. The van der Waals surface area contributed by atoms with Gasteiger partial charge in [0.05, 0.1) is 21.3 Å². The highest BCUT2D eigenvalue weighted by Crippen LogP contribution is 2.27. The summed E-state index contributed by atoms with van der Waals surface area (Å²) in [6.45, 7) is 1.11. The summed E-state index contributed by atoms with van der Waals surface area (Å²) in [6, 6.07) is 9.22. The van der Waals surface area contributed by atoms with E-state index in [4.69, 9.17) is 17.3 Å². The van der Waals surface area contributed by atoms with Crippen molar-refractivity contribution in [2.75, 3.05) is 16.0 Å². The maximum atomic E-state index is 12.4. The van der Waals surface area contributed by atoms with Crippen LogP contribution in [-0.2, 0) is 14.4 Å². The van der Waals surface area contributed by atoms with E-state index in [2.05, 4.69) is 5.32 Å². The van der Waals surface area contributed by atoms with Gasteiger partial charge in [0.1, 0.15) is 0 Å². The number of benzene rings is 2. The number of halogens is 1. The van der Waals surface area contributed by atoms with Crippen molar-refractivity contribution in [3.05, 3.63) is 57.6 Å². The van der Waals surface area contributed by atoms with E-state index in [9.17, 15) is 24.5 Å². The molecule has 0 heterocycles. The molecular formula is C16H13ClN4O5. The minimum absolute atomic E-state index is 0.00456. The van der Waals surface area contributed by atoms with Gasteiger partial charge in [-0.05, 0) is 24.3 Å². The van der Waals surface area contributed by atoms with E-state index >= 15 is 0 Å². The van der Waals surface area contributed by atoms with Crippen molar-refractivity contribution >= 4 is 52.1 Å². The average molecular weight is 377 g/mol. The molecule has 0 atom stereocenters. The van der Waals surface area contributed by atoms with Crippen LogP contribution in [0.5, 0.6) is 0 Å². The van der Waals surface area contributed by atoms with Crippen molar-refractivity contribution in [2.45, 2.75) is 6.92 Å². The van der Waals surface area contributed by atoms with Gasteiger partial charge in [-0.2, -0.15) is 0 Å². The third kappa shape index (κ3) is 4.14. The summed E-state index contributed by atoms with van der Waals surface area (Å²) in [5, 5.41) is 13.0. The highest BCUT2D eigenvalue weighted by molar-refractivity contribution is 6.49. The van der Waals surface area contributed by atoms with Gasteiger partial charge in [-0.25, -0.2) is 4.90 Å². The van der Waals surface area contributed by atoms with Crippen molar-refractivity contribution in [2.24, 2.45) is 0 Å². The number of hydrogen-bond acceptors (Lipinski definition) is 6. The first-order chi connectivity index (χ1) is 12.2. The Morgan fingerprint density at radius 1 is 1.19 bits per heavy atom. The van der Waals surface area contributed by atoms with Gasteiger partial charge < -0.3 is 11.1 Å². The molecule has 134 valence electrons. The Kier molecular flexibility index (Phi) is 5.53. The first-order valence-corrected chi connectivity index (χ1v) is 7.54. The molecule has 2 aromatic rings. The zero-order valence-electron chi connectivity index (χ0n) is 13.4. The van der Waals surface area contributed by atoms with Crippen LogP contribution in [0.2, 0.25) is 5.02 Å². The van der Waals surface area contributed by atoms with E-state index in [1.165, 1.54) is 24.3 Å². The number of nitro groups is 1. The SMILES string of the molecule is CC(=O)N(C(=O)C(=O)Nc1cc([N+](=O)[O-])ccc1Cl)c1cccc(N)c1. The van der Waals surface area contributed by atoms with Crippen LogP contribution in [0.1, 0.15) is 6.92 Å². The molecule has 2 rings (SSSR count). The summed E-state index contributed by atoms with van der Waals surface area (Å²) < 4.78 is 0. The van der Waals surface area contributed by atoms with Crippen LogP contribution >= 0.6 is 11.6 Å². The number of nitrogens with one attached hydrogen (secondary N) is 1. The molecule has 0 aromatic heterocycles. The monoisotopic (exact) mass is 376 g/mol. The summed E-state index contributed by atoms with van der Waals surface area (Å²) in [6.07, 6.45) is 0. The third-order valence-electron chi connectivity index (χ3n) is 3.25. The zero-order chi connectivity index (χ0) is 19.4. The van der Waals surface area contributed by atoms with Gasteiger partial charge in [0.15, 0.2) is 0 Å². The molecule has 0 aliphatic carbocycles. The van der Waals surface area contributed by atoms with Gasteiger partial charge in [0.25, 0.3) is 5.69 Å². The Bertz CT molecular complexity index is 915. The van der Waals surface area contributed by atoms with Crippen LogP contribution in [0, 0.1) is 10.1 Å².